The Morgan fingerprint density at radius 2 is 1.37 bits per heavy atom. The number of rotatable bonds is 4. The van der Waals surface area contributed by atoms with E-state index in [2.05, 4.69) is 33.8 Å². The maximum Gasteiger partial charge on any atom is 0.167 e. The molecule has 2 aliphatic rings. The quantitative estimate of drug-likeness (QED) is 0.723. The first kappa shape index (κ1) is 12.9. The van der Waals surface area contributed by atoms with Crippen LogP contribution in [0.15, 0.2) is 6.07 Å². The highest BCUT2D eigenvalue weighted by atomic mass is 16.1. The van der Waals surface area contributed by atoms with E-state index in [1.807, 2.05) is 0 Å². The minimum Gasteiger partial charge on any atom is -0.294 e. The summed E-state index contributed by atoms with van der Waals surface area (Å²) in [4.78, 5) is 13.1. The Bertz CT molecular complexity index is 495. The molecule has 102 valence electrons. The molecular formula is C18H24O. The van der Waals surface area contributed by atoms with E-state index >= 15 is 0 Å². The van der Waals surface area contributed by atoms with Gasteiger partial charge in [-0.1, -0.05) is 6.07 Å². The van der Waals surface area contributed by atoms with Gasteiger partial charge in [0.2, 0.25) is 0 Å². The highest BCUT2D eigenvalue weighted by molar-refractivity contribution is 6.01. The van der Waals surface area contributed by atoms with Crippen molar-refractivity contribution in [3.63, 3.8) is 0 Å². The summed E-state index contributed by atoms with van der Waals surface area (Å²) in [7, 11) is 0. The summed E-state index contributed by atoms with van der Waals surface area (Å²) < 4.78 is 0. The van der Waals surface area contributed by atoms with E-state index in [0.29, 0.717) is 23.5 Å². The minimum absolute atomic E-state index is 0.332. The van der Waals surface area contributed by atoms with Gasteiger partial charge < -0.3 is 0 Å². The number of hydrogen-bond acceptors (Lipinski definition) is 1. The molecule has 3 rings (SSSR count). The smallest absolute Gasteiger partial charge is 0.167 e. The van der Waals surface area contributed by atoms with Crippen molar-refractivity contribution in [2.24, 2.45) is 17.8 Å². The van der Waals surface area contributed by atoms with Crippen LogP contribution in [0.3, 0.4) is 0 Å². The van der Waals surface area contributed by atoms with Crippen molar-refractivity contribution >= 4 is 5.78 Å². The second-order valence-corrected chi connectivity index (χ2v) is 6.70. The molecule has 0 bridgehead atoms. The van der Waals surface area contributed by atoms with Crippen LogP contribution in [0.2, 0.25) is 0 Å². The van der Waals surface area contributed by atoms with E-state index < -0.39 is 0 Å². The normalized spacial score (nSPS) is 19.0. The van der Waals surface area contributed by atoms with Gasteiger partial charge >= 0.3 is 0 Å². The van der Waals surface area contributed by atoms with Gasteiger partial charge in [-0.25, -0.2) is 0 Å². The Morgan fingerprint density at radius 1 is 0.947 bits per heavy atom. The monoisotopic (exact) mass is 256 g/mol. The van der Waals surface area contributed by atoms with E-state index in [4.69, 9.17) is 0 Å². The molecule has 0 N–H and O–H groups in total. The maximum absolute atomic E-state index is 13.1. The third-order valence-electron chi connectivity index (χ3n) is 5.17. The van der Waals surface area contributed by atoms with Gasteiger partial charge in [-0.15, -0.1) is 0 Å². The molecule has 19 heavy (non-hydrogen) atoms. The average molecular weight is 256 g/mol. The molecular weight excluding hydrogens is 232 g/mol. The molecule has 1 heteroatoms. The van der Waals surface area contributed by atoms with Crippen molar-refractivity contribution < 1.29 is 4.79 Å². The lowest BCUT2D eigenvalue weighted by Gasteiger charge is -2.20. The molecule has 0 saturated heterocycles. The molecule has 0 aliphatic heterocycles. The van der Waals surface area contributed by atoms with E-state index in [1.54, 1.807) is 0 Å². The number of benzene rings is 1. The fourth-order valence-corrected chi connectivity index (χ4v) is 3.48. The van der Waals surface area contributed by atoms with Gasteiger partial charge in [-0.05, 0) is 87.5 Å². The van der Waals surface area contributed by atoms with Gasteiger partial charge in [-0.2, -0.15) is 0 Å². The summed E-state index contributed by atoms with van der Waals surface area (Å²) in [5.41, 5.74) is 5.98. The molecule has 0 unspecified atom stereocenters. The Hall–Kier alpha value is -1.11. The lowest BCUT2D eigenvalue weighted by Crippen LogP contribution is -2.21. The Morgan fingerprint density at radius 3 is 1.74 bits per heavy atom. The zero-order valence-electron chi connectivity index (χ0n) is 12.5. The Balaban J connectivity index is 2.03. The van der Waals surface area contributed by atoms with E-state index in [9.17, 15) is 4.79 Å². The number of aryl methyl sites for hydroxylation is 2. The van der Waals surface area contributed by atoms with Crippen LogP contribution in [-0.2, 0) is 0 Å². The molecule has 0 heterocycles. The minimum atomic E-state index is 0.332. The van der Waals surface area contributed by atoms with Gasteiger partial charge in [-0.3, -0.25) is 4.79 Å². The molecule has 2 fully saturated rings. The predicted molar refractivity (Wildman–Crippen MR) is 78.7 cm³/mol. The van der Waals surface area contributed by atoms with Crippen molar-refractivity contribution in [1.29, 1.82) is 0 Å². The number of hydrogen-bond donors (Lipinski definition) is 0. The first-order valence-electron chi connectivity index (χ1n) is 7.62. The number of carbonyl (C=O) groups is 1. The molecule has 2 aliphatic carbocycles. The highest BCUT2D eigenvalue weighted by Crippen LogP contribution is 2.50. The van der Waals surface area contributed by atoms with Crippen LogP contribution in [0.1, 0.15) is 58.3 Å². The standard InChI is InChI=1S/C18H24O/c1-10-9-11(2)13(4)16(12(10)3)18(19)17(14-5-6-14)15-7-8-15/h9,14-15,17H,5-8H2,1-4H3. The van der Waals surface area contributed by atoms with Crippen LogP contribution < -0.4 is 0 Å². The number of Topliss-reactive ketones (excluding diaryl/α,β-unsaturated/α-hetero) is 1. The maximum atomic E-state index is 13.1. The first-order chi connectivity index (χ1) is 9.00. The van der Waals surface area contributed by atoms with Crippen LogP contribution in [0.25, 0.3) is 0 Å². The summed E-state index contributed by atoms with van der Waals surface area (Å²) >= 11 is 0. The van der Waals surface area contributed by atoms with Crippen LogP contribution in [0.4, 0.5) is 0 Å². The largest absolute Gasteiger partial charge is 0.294 e. The van der Waals surface area contributed by atoms with Gasteiger partial charge in [0, 0.05) is 11.5 Å². The SMILES string of the molecule is Cc1cc(C)c(C)c(C(=O)C(C2CC2)C2CC2)c1C. The first-order valence-corrected chi connectivity index (χ1v) is 7.62. The van der Waals surface area contributed by atoms with Crippen molar-refractivity contribution in [3.8, 4) is 0 Å². The molecule has 1 aromatic rings. The van der Waals surface area contributed by atoms with E-state index in [-0.39, 0.29) is 0 Å². The van der Waals surface area contributed by atoms with Crippen molar-refractivity contribution in [2.45, 2.75) is 53.4 Å². The summed E-state index contributed by atoms with van der Waals surface area (Å²) in [6, 6.07) is 2.21. The van der Waals surface area contributed by atoms with Crippen LogP contribution in [0.5, 0.6) is 0 Å². The second-order valence-electron chi connectivity index (χ2n) is 6.70. The molecule has 0 amide bonds. The Labute approximate surface area is 116 Å². The molecule has 0 radical (unpaired) electrons. The second kappa shape index (κ2) is 4.47. The van der Waals surface area contributed by atoms with E-state index in [0.717, 1.165) is 5.56 Å². The number of carbonyl (C=O) groups excluding carboxylic acids is 1. The van der Waals surface area contributed by atoms with Crippen molar-refractivity contribution in [1.82, 2.24) is 0 Å². The van der Waals surface area contributed by atoms with Gasteiger partial charge in [0.05, 0.1) is 0 Å². The van der Waals surface area contributed by atoms with Crippen LogP contribution in [0, 0.1) is 45.4 Å². The van der Waals surface area contributed by atoms with E-state index in [1.165, 1.54) is 47.9 Å². The fourth-order valence-electron chi connectivity index (χ4n) is 3.48. The molecule has 2 saturated carbocycles. The van der Waals surface area contributed by atoms with Gasteiger partial charge in [0.15, 0.2) is 5.78 Å². The Kier molecular flexibility index (Phi) is 3.03. The summed E-state index contributed by atoms with van der Waals surface area (Å²) in [6.45, 7) is 8.49. The topological polar surface area (TPSA) is 17.1 Å². The fraction of sp³-hybridized carbons (Fsp3) is 0.611. The van der Waals surface area contributed by atoms with Gasteiger partial charge in [0.1, 0.15) is 0 Å². The molecule has 1 aromatic carbocycles. The molecule has 0 spiro atoms. The van der Waals surface area contributed by atoms with Crippen LogP contribution in [-0.4, -0.2) is 5.78 Å². The molecule has 0 atom stereocenters. The number of ketones is 1. The summed E-state index contributed by atoms with van der Waals surface area (Å²) in [5, 5.41) is 0. The average Bonchev–Trinajstić information content (AvgIpc) is 3.21. The zero-order chi connectivity index (χ0) is 13.7. The summed E-state index contributed by atoms with van der Waals surface area (Å²) in [6.07, 6.45) is 5.09. The summed E-state index contributed by atoms with van der Waals surface area (Å²) in [5.74, 6) is 2.17. The third-order valence-corrected chi connectivity index (χ3v) is 5.17. The lowest BCUT2D eigenvalue weighted by molar-refractivity contribution is 0.0885. The van der Waals surface area contributed by atoms with Crippen molar-refractivity contribution in [3.05, 3.63) is 33.9 Å². The van der Waals surface area contributed by atoms with Crippen LogP contribution >= 0.6 is 0 Å². The highest BCUT2D eigenvalue weighted by Gasteiger charge is 2.46. The third kappa shape index (κ3) is 2.24. The lowest BCUT2D eigenvalue weighted by atomic mass is 9.83. The predicted octanol–water partition coefficient (Wildman–Crippen LogP) is 4.54. The van der Waals surface area contributed by atoms with Gasteiger partial charge in [0.25, 0.3) is 0 Å². The molecule has 1 nitrogen and oxygen atoms in total. The molecule has 0 aromatic heterocycles. The zero-order valence-corrected chi connectivity index (χ0v) is 12.5. The van der Waals surface area contributed by atoms with Crippen molar-refractivity contribution in [2.75, 3.05) is 0 Å².